The van der Waals surface area contributed by atoms with Gasteiger partial charge in [0.15, 0.2) is 0 Å². The number of esters is 1. The lowest BCUT2D eigenvalue weighted by molar-refractivity contribution is -0.121. The van der Waals surface area contributed by atoms with E-state index in [1.807, 2.05) is 17.6 Å². The normalized spacial score (nSPS) is 20.6. The number of piperidine rings is 1. The van der Waals surface area contributed by atoms with Crippen molar-refractivity contribution >= 4 is 28.5 Å². The minimum Gasteiger partial charge on any atom is -0.461 e. The van der Waals surface area contributed by atoms with Gasteiger partial charge in [0.05, 0.1) is 18.3 Å². The Bertz CT molecular complexity index is 1330. The number of benzene rings is 1. The second-order valence-corrected chi connectivity index (χ2v) is 9.10. The molecule has 2 aliphatic rings. The molecule has 5 rings (SSSR count). The number of carbonyl (C=O) groups excluding carboxylic acids is 2. The van der Waals surface area contributed by atoms with Gasteiger partial charge in [0.1, 0.15) is 11.5 Å². The Morgan fingerprint density at radius 3 is 2.85 bits per heavy atom. The van der Waals surface area contributed by atoms with E-state index in [4.69, 9.17) is 4.74 Å². The quantitative estimate of drug-likeness (QED) is 0.564. The van der Waals surface area contributed by atoms with Gasteiger partial charge in [-0.15, -0.1) is 0 Å². The smallest absolute Gasteiger partial charge is 0.356 e. The fourth-order valence-corrected chi connectivity index (χ4v) is 5.29. The van der Waals surface area contributed by atoms with Crippen LogP contribution in [0.1, 0.15) is 42.4 Å². The number of aromatic amines is 1. The van der Waals surface area contributed by atoms with Crippen molar-refractivity contribution in [2.75, 3.05) is 25.0 Å². The number of aromatic nitrogens is 2. The first-order valence-electron chi connectivity index (χ1n) is 11.6. The van der Waals surface area contributed by atoms with Gasteiger partial charge in [-0.2, -0.15) is 0 Å². The summed E-state index contributed by atoms with van der Waals surface area (Å²) in [5, 5.41) is 3.27. The summed E-state index contributed by atoms with van der Waals surface area (Å²) < 4.78 is 20.9. The predicted molar refractivity (Wildman–Crippen MR) is 125 cm³/mol. The first-order valence-corrected chi connectivity index (χ1v) is 11.6. The van der Waals surface area contributed by atoms with E-state index in [2.05, 4.69) is 15.2 Å². The summed E-state index contributed by atoms with van der Waals surface area (Å²) in [6.45, 7) is 5.69. The van der Waals surface area contributed by atoms with Crippen molar-refractivity contribution in [3.05, 3.63) is 64.0 Å². The second kappa shape index (κ2) is 8.72. The van der Waals surface area contributed by atoms with Gasteiger partial charge < -0.3 is 19.6 Å². The maximum absolute atomic E-state index is 14.0. The Hall–Kier alpha value is -3.46. The number of carbonyl (C=O) groups is 2. The first-order chi connectivity index (χ1) is 16.4. The van der Waals surface area contributed by atoms with Gasteiger partial charge in [-0.25, -0.2) is 9.18 Å². The number of ether oxygens (including phenoxy) is 1. The summed E-state index contributed by atoms with van der Waals surface area (Å²) in [5.74, 6) is -0.922. The second-order valence-electron chi connectivity index (χ2n) is 9.10. The molecule has 0 radical (unpaired) electrons. The molecule has 4 heterocycles. The zero-order chi connectivity index (χ0) is 24.0. The molecule has 1 fully saturated rings. The molecule has 34 heavy (non-hydrogen) atoms. The summed E-state index contributed by atoms with van der Waals surface area (Å²) >= 11 is 0. The number of hydrogen-bond acceptors (Lipinski definition) is 5. The van der Waals surface area contributed by atoms with Gasteiger partial charge in [-0.1, -0.05) is 6.07 Å². The zero-order valence-corrected chi connectivity index (χ0v) is 19.1. The highest BCUT2D eigenvalue weighted by Crippen LogP contribution is 2.36. The van der Waals surface area contributed by atoms with Crippen LogP contribution in [0.25, 0.3) is 10.9 Å². The first kappa shape index (κ1) is 22.3. The molecular weight excluding hydrogens is 439 g/mol. The summed E-state index contributed by atoms with van der Waals surface area (Å²) in [6.07, 6.45) is 0.989. The number of anilines is 1. The standard InChI is InChI=1S/C25H27FN4O4/c1-3-34-25(33)23-22(18-10-17(26)7-8-19(18)27-23)28-24(32)14(2)29-11-15-9-16(13-29)20-5-4-6-21(31)30(20)12-15/h4-8,10,14-16,27H,3,9,11-13H2,1-2H3,(H,28,32)/t14?,15-,16+/m0/s1. The van der Waals surface area contributed by atoms with E-state index in [0.717, 1.165) is 12.1 Å². The third kappa shape index (κ3) is 3.90. The van der Waals surface area contributed by atoms with Crippen molar-refractivity contribution in [3.8, 4) is 0 Å². The molecule has 178 valence electrons. The van der Waals surface area contributed by atoms with Gasteiger partial charge in [-0.05, 0) is 50.5 Å². The molecule has 2 aromatic heterocycles. The summed E-state index contributed by atoms with van der Waals surface area (Å²) in [6, 6.07) is 8.98. The van der Waals surface area contributed by atoms with Crippen LogP contribution in [-0.4, -0.2) is 52.1 Å². The Balaban J connectivity index is 1.40. The maximum atomic E-state index is 14.0. The molecule has 1 saturated heterocycles. The fourth-order valence-electron chi connectivity index (χ4n) is 5.29. The number of hydrogen-bond donors (Lipinski definition) is 2. The minimum atomic E-state index is -0.614. The van der Waals surface area contributed by atoms with Crippen LogP contribution in [-0.2, 0) is 16.1 Å². The van der Waals surface area contributed by atoms with Gasteiger partial charge in [0.25, 0.3) is 5.56 Å². The van der Waals surface area contributed by atoms with Crippen molar-refractivity contribution in [2.24, 2.45) is 5.92 Å². The largest absolute Gasteiger partial charge is 0.461 e. The van der Waals surface area contributed by atoms with Crippen molar-refractivity contribution in [1.82, 2.24) is 14.5 Å². The molecule has 1 aromatic carbocycles. The van der Waals surface area contributed by atoms with Crippen LogP contribution in [0.3, 0.4) is 0 Å². The summed E-state index contributed by atoms with van der Waals surface area (Å²) in [7, 11) is 0. The average Bonchev–Trinajstić information content (AvgIpc) is 3.17. The average molecular weight is 467 g/mol. The zero-order valence-electron chi connectivity index (χ0n) is 19.1. The third-order valence-electron chi connectivity index (χ3n) is 6.92. The molecule has 3 atom stereocenters. The molecule has 0 spiro atoms. The lowest BCUT2D eigenvalue weighted by Gasteiger charge is -2.44. The van der Waals surface area contributed by atoms with E-state index in [9.17, 15) is 18.8 Å². The van der Waals surface area contributed by atoms with Crippen molar-refractivity contribution < 1.29 is 18.7 Å². The lowest BCUT2D eigenvalue weighted by atomic mass is 9.82. The molecule has 1 amide bonds. The monoisotopic (exact) mass is 466 g/mol. The van der Waals surface area contributed by atoms with Crippen molar-refractivity contribution in [1.29, 1.82) is 0 Å². The molecule has 1 unspecified atom stereocenters. The van der Waals surface area contributed by atoms with Gasteiger partial charge in [-0.3, -0.25) is 14.5 Å². The Morgan fingerprint density at radius 2 is 2.06 bits per heavy atom. The number of H-pyrrole nitrogens is 1. The molecular formula is C25H27FN4O4. The molecule has 2 aliphatic heterocycles. The molecule has 2 bridgehead atoms. The molecule has 3 aromatic rings. The van der Waals surface area contributed by atoms with E-state index >= 15 is 0 Å². The Morgan fingerprint density at radius 1 is 1.24 bits per heavy atom. The van der Waals surface area contributed by atoms with Crippen LogP contribution in [0.4, 0.5) is 10.1 Å². The lowest BCUT2D eigenvalue weighted by Crippen LogP contribution is -2.52. The number of nitrogens with one attached hydrogen (secondary N) is 2. The van der Waals surface area contributed by atoms with Gasteiger partial charge in [0.2, 0.25) is 5.91 Å². The molecule has 0 saturated carbocycles. The number of halogens is 1. The van der Waals surface area contributed by atoms with E-state index in [1.165, 1.54) is 18.2 Å². The Labute approximate surface area is 195 Å². The highest BCUT2D eigenvalue weighted by atomic mass is 19.1. The van der Waals surface area contributed by atoms with Crippen molar-refractivity contribution in [3.63, 3.8) is 0 Å². The fraction of sp³-hybridized carbons (Fsp3) is 0.400. The predicted octanol–water partition coefficient (Wildman–Crippen LogP) is 3.09. The topological polar surface area (TPSA) is 96.4 Å². The van der Waals surface area contributed by atoms with E-state index < -0.39 is 17.8 Å². The maximum Gasteiger partial charge on any atom is 0.356 e. The highest BCUT2D eigenvalue weighted by Gasteiger charge is 2.37. The summed E-state index contributed by atoms with van der Waals surface area (Å²) in [5.41, 5.74) is 1.87. The van der Waals surface area contributed by atoms with Crippen LogP contribution >= 0.6 is 0 Å². The summed E-state index contributed by atoms with van der Waals surface area (Å²) in [4.78, 5) is 43.2. The number of likely N-dealkylation sites (tertiary alicyclic amines) is 1. The highest BCUT2D eigenvalue weighted by molar-refractivity contribution is 6.11. The number of rotatable bonds is 5. The van der Waals surface area contributed by atoms with Gasteiger partial charge in [0, 0.05) is 48.2 Å². The van der Waals surface area contributed by atoms with Crippen LogP contribution in [0, 0.1) is 11.7 Å². The van der Waals surface area contributed by atoms with Crippen LogP contribution in [0.5, 0.6) is 0 Å². The minimum absolute atomic E-state index is 0.0181. The van der Waals surface area contributed by atoms with E-state index in [-0.39, 0.29) is 41.3 Å². The number of fused-ring (bicyclic) bond motifs is 5. The molecule has 8 nitrogen and oxygen atoms in total. The van der Waals surface area contributed by atoms with E-state index in [0.29, 0.717) is 30.5 Å². The Kier molecular flexibility index (Phi) is 5.73. The molecule has 9 heteroatoms. The number of amides is 1. The van der Waals surface area contributed by atoms with E-state index in [1.54, 1.807) is 19.1 Å². The third-order valence-corrected chi connectivity index (χ3v) is 6.92. The van der Waals surface area contributed by atoms with Crippen LogP contribution < -0.4 is 10.9 Å². The SMILES string of the molecule is CCOC(=O)c1[nH]c2ccc(F)cc2c1NC(=O)C(C)N1C[C@@H]2C[C@H](C1)c1cccc(=O)n1C2. The van der Waals surface area contributed by atoms with Gasteiger partial charge >= 0.3 is 5.97 Å². The number of pyridine rings is 1. The number of nitrogens with zero attached hydrogens (tertiary/aromatic N) is 2. The van der Waals surface area contributed by atoms with Crippen LogP contribution in [0.15, 0.2) is 41.2 Å². The van der Waals surface area contributed by atoms with Crippen LogP contribution in [0.2, 0.25) is 0 Å². The molecule has 2 N–H and O–H groups in total. The van der Waals surface area contributed by atoms with Crippen molar-refractivity contribution in [2.45, 2.75) is 38.8 Å². The molecule has 0 aliphatic carbocycles.